The summed E-state index contributed by atoms with van der Waals surface area (Å²) in [6.07, 6.45) is 5.42. The molecule has 6 heteroatoms. The van der Waals surface area contributed by atoms with Crippen molar-refractivity contribution >= 4 is 5.91 Å². The lowest BCUT2D eigenvalue weighted by atomic mass is 10.1. The van der Waals surface area contributed by atoms with Crippen LogP contribution in [0.4, 0.5) is 0 Å². The quantitative estimate of drug-likeness (QED) is 0.850. The number of carbonyl (C=O) groups is 1. The number of nitrogens with zero attached hydrogens (tertiary/aromatic N) is 3. The summed E-state index contributed by atoms with van der Waals surface area (Å²) < 4.78 is 12.9. The highest BCUT2D eigenvalue weighted by atomic mass is 16.5. The van der Waals surface area contributed by atoms with Crippen molar-refractivity contribution in [3.63, 3.8) is 0 Å². The molecule has 1 saturated heterocycles. The molecule has 3 heterocycles. The highest BCUT2D eigenvalue weighted by molar-refractivity contribution is 5.92. The summed E-state index contributed by atoms with van der Waals surface area (Å²) in [5, 5.41) is 0. The van der Waals surface area contributed by atoms with Crippen LogP contribution in [0.3, 0.4) is 0 Å². The van der Waals surface area contributed by atoms with Crippen molar-refractivity contribution in [1.82, 2.24) is 14.5 Å². The third-order valence-electron chi connectivity index (χ3n) is 4.23. The first-order valence-corrected chi connectivity index (χ1v) is 8.02. The minimum absolute atomic E-state index is 0.0164. The smallest absolute Gasteiger partial charge is 0.274 e. The molecule has 0 radical (unpaired) electrons. The van der Waals surface area contributed by atoms with Gasteiger partial charge in [0.05, 0.1) is 12.4 Å². The van der Waals surface area contributed by atoms with E-state index in [-0.39, 0.29) is 11.9 Å². The van der Waals surface area contributed by atoms with E-state index in [1.54, 1.807) is 13.4 Å². The van der Waals surface area contributed by atoms with Gasteiger partial charge < -0.3 is 18.6 Å². The maximum absolute atomic E-state index is 12.8. The first-order chi connectivity index (χ1) is 11.1. The third-order valence-corrected chi connectivity index (χ3v) is 4.23. The lowest BCUT2D eigenvalue weighted by molar-refractivity contribution is 0.0710. The van der Waals surface area contributed by atoms with Crippen molar-refractivity contribution in [3.8, 4) is 0 Å². The number of amides is 1. The molecule has 0 aliphatic carbocycles. The highest BCUT2D eigenvalue weighted by Gasteiger charge is 2.33. The van der Waals surface area contributed by atoms with E-state index in [4.69, 9.17) is 9.15 Å². The molecular formula is C17H23N3O3. The maximum Gasteiger partial charge on any atom is 0.274 e. The van der Waals surface area contributed by atoms with Crippen LogP contribution >= 0.6 is 0 Å². The summed E-state index contributed by atoms with van der Waals surface area (Å²) in [7, 11) is 1.64. The van der Waals surface area contributed by atoms with E-state index >= 15 is 0 Å². The van der Waals surface area contributed by atoms with Crippen LogP contribution in [0.15, 0.2) is 29.1 Å². The van der Waals surface area contributed by atoms with Crippen LogP contribution in [0.5, 0.6) is 0 Å². The number of methoxy groups -OCH3 is 1. The van der Waals surface area contributed by atoms with Gasteiger partial charge in [0.2, 0.25) is 0 Å². The lowest BCUT2D eigenvalue weighted by Gasteiger charge is -2.22. The van der Waals surface area contributed by atoms with Gasteiger partial charge in [0.1, 0.15) is 23.8 Å². The lowest BCUT2D eigenvalue weighted by Crippen LogP contribution is -2.30. The number of ether oxygens (including phenoxy) is 1. The summed E-state index contributed by atoms with van der Waals surface area (Å²) in [6.45, 7) is 5.31. The molecule has 3 rings (SSSR count). The van der Waals surface area contributed by atoms with Crippen LogP contribution in [-0.4, -0.2) is 34.0 Å². The molecule has 0 spiro atoms. The number of rotatable bonds is 5. The molecule has 1 atom stereocenters. The molecule has 0 bridgehead atoms. The summed E-state index contributed by atoms with van der Waals surface area (Å²) >= 11 is 0. The van der Waals surface area contributed by atoms with Gasteiger partial charge in [-0.2, -0.15) is 0 Å². The summed E-state index contributed by atoms with van der Waals surface area (Å²) in [5.41, 5.74) is 0.495. The number of hydrogen-bond acceptors (Lipinski definition) is 4. The topological polar surface area (TPSA) is 60.5 Å². The van der Waals surface area contributed by atoms with Crippen LogP contribution in [-0.2, 0) is 11.3 Å². The Kier molecular flexibility index (Phi) is 4.52. The first-order valence-electron chi connectivity index (χ1n) is 8.02. The van der Waals surface area contributed by atoms with E-state index in [9.17, 15) is 4.79 Å². The SMILES string of the molecule is COCc1ccc([C@@H]2CCCN2C(=O)c2cn(C(C)C)cn2)o1. The van der Waals surface area contributed by atoms with Crippen molar-refractivity contribution in [2.75, 3.05) is 13.7 Å². The molecule has 1 fully saturated rings. The Labute approximate surface area is 136 Å². The van der Waals surface area contributed by atoms with Gasteiger partial charge in [0, 0.05) is 25.9 Å². The molecule has 0 unspecified atom stereocenters. The standard InChI is InChI=1S/C17H23N3O3/c1-12(2)19-9-14(18-11-19)17(21)20-8-4-5-15(20)16-7-6-13(23-16)10-22-3/h6-7,9,11-12,15H,4-5,8,10H2,1-3H3/t15-/m0/s1. The number of carbonyl (C=O) groups excluding carboxylic acids is 1. The Hall–Kier alpha value is -2.08. The molecule has 6 nitrogen and oxygen atoms in total. The molecule has 2 aromatic rings. The third kappa shape index (κ3) is 3.17. The second-order valence-corrected chi connectivity index (χ2v) is 6.19. The van der Waals surface area contributed by atoms with Crippen LogP contribution in [0.2, 0.25) is 0 Å². The number of likely N-dealkylation sites (tertiary alicyclic amines) is 1. The molecule has 2 aromatic heterocycles. The van der Waals surface area contributed by atoms with Crippen LogP contribution < -0.4 is 0 Å². The van der Waals surface area contributed by atoms with E-state index < -0.39 is 0 Å². The fourth-order valence-electron chi connectivity index (χ4n) is 2.98. The van der Waals surface area contributed by atoms with E-state index in [1.807, 2.05) is 27.8 Å². The highest BCUT2D eigenvalue weighted by Crippen LogP contribution is 2.34. The molecule has 1 aliphatic heterocycles. The van der Waals surface area contributed by atoms with Gasteiger partial charge in [0.25, 0.3) is 5.91 Å². The van der Waals surface area contributed by atoms with Gasteiger partial charge >= 0.3 is 0 Å². The van der Waals surface area contributed by atoms with Crippen LogP contribution in [0.25, 0.3) is 0 Å². The molecule has 124 valence electrons. The average molecular weight is 317 g/mol. The Bertz CT molecular complexity index is 674. The van der Waals surface area contributed by atoms with Gasteiger partial charge in [-0.25, -0.2) is 4.98 Å². The van der Waals surface area contributed by atoms with Gasteiger partial charge in [-0.1, -0.05) is 0 Å². The maximum atomic E-state index is 12.8. The average Bonchev–Trinajstić information content (AvgIpc) is 3.26. The van der Waals surface area contributed by atoms with E-state index in [0.29, 0.717) is 18.3 Å². The predicted octanol–water partition coefficient (Wildman–Crippen LogP) is 3.18. The normalized spacial score (nSPS) is 18.1. The van der Waals surface area contributed by atoms with E-state index in [1.165, 1.54) is 0 Å². The van der Waals surface area contributed by atoms with Crippen molar-refractivity contribution in [2.45, 2.75) is 45.4 Å². The van der Waals surface area contributed by atoms with Crippen LogP contribution in [0.1, 0.15) is 60.8 Å². The number of hydrogen-bond donors (Lipinski definition) is 0. The van der Waals surface area contributed by atoms with Gasteiger partial charge in [-0.05, 0) is 38.8 Å². The minimum Gasteiger partial charge on any atom is -0.461 e. The van der Waals surface area contributed by atoms with Crippen molar-refractivity contribution < 1.29 is 13.9 Å². The molecular weight excluding hydrogens is 294 g/mol. The Morgan fingerprint density at radius 1 is 1.48 bits per heavy atom. The van der Waals surface area contributed by atoms with E-state index in [0.717, 1.165) is 30.9 Å². The number of imidazole rings is 1. The second kappa shape index (κ2) is 6.58. The zero-order chi connectivity index (χ0) is 16.4. The second-order valence-electron chi connectivity index (χ2n) is 6.19. The van der Waals surface area contributed by atoms with Crippen molar-refractivity contribution in [3.05, 3.63) is 41.9 Å². The molecule has 23 heavy (non-hydrogen) atoms. The van der Waals surface area contributed by atoms with E-state index in [2.05, 4.69) is 18.8 Å². The zero-order valence-corrected chi connectivity index (χ0v) is 13.9. The minimum atomic E-state index is -0.0309. The number of furan rings is 1. The van der Waals surface area contributed by atoms with Gasteiger partial charge in [0.15, 0.2) is 0 Å². The predicted molar refractivity (Wildman–Crippen MR) is 85.0 cm³/mol. The summed E-state index contributed by atoms with van der Waals surface area (Å²) in [5.74, 6) is 1.58. The van der Waals surface area contributed by atoms with Gasteiger partial charge in [-0.15, -0.1) is 0 Å². The largest absolute Gasteiger partial charge is 0.461 e. The van der Waals surface area contributed by atoms with Crippen molar-refractivity contribution in [2.24, 2.45) is 0 Å². The van der Waals surface area contributed by atoms with Gasteiger partial charge in [-0.3, -0.25) is 4.79 Å². The molecule has 0 aromatic carbocycles. The number of aromatic nitrogens is 2. The summed E-state index contributed by atoms with van der Waals surface area (Å²) in [6, 6.07) is 4.13. The Morgan fingerprint density at radius 3 is 3.00 bits per heavy atom. The van der Waals surface area contributed by atoms with Crippen molar-refractivity contribution in [1.29, 1.82) is 0 Å². The Morgan fingerprint density at radius 2 is 2.30 bits per heavy atom. The first kappa shape index (κ1) is 15.8. The fourth-order valence-corrected chi connectivity index (χ4v) is 2.98. The Balaban J connectivity index is 1.78. The molecule has 0 N–H and O–H groups in total. The molecule has 1 aliphatic rings. The van der Waals surface area contributed by atoms with Crippen LogP contribution in [0, 0.1) is 0 Å². The molecule has 0 saturated carbocycles. The molecule has 1 amide bonds. The summed E-state index contributed by atoms with van der Waals surface area (Å²) in [4.78, 5) is 18.9. The monoisotopic (exact) mass is 317 g/mol. The fraction of sp³-hybridized carbons (Fsp3) is 0.529. The zero-order valence-electron chi connectivity index (χ0n) is 13.9.